The molecular weight excluding hydrogens is 458 g/mol. The van der Waals surface area contributed by atoms with Crippen molar-refractivity contribution in [1.82, 2.24) is 34.2 Å². The number of aryl methyl sites for hydroxylation is 2. The van der Waals surface area contributed by atoms with Gasteiger partial charge in [-0.15, -0.1) is 0 Å². The number of imidazole rings is 1. The molecule has 5 rings (SSSR count). The van der Waals surface area contributed by atoms with Gasteiger partial charge in [0.15, 0.2) is 22.8 Å². The standard InChI is InChI=1S/C25H29N9O2/c1-15-21(16(2)32(4)31-15)23-29-24(28-19-9-7-18(8-10-19)27-17(3)35)22-25(30-23)34(14-26-22)13-12-33-11-5-6-20(33)36/h7-10,14H,5-6,11-13H2,1-4H3,(H,27,35)(H,28,29,30). The van der Waals surface area contributed by atoms with Crippen LogP contribution in [0.25, 0.3) is 22.6 Å². The van der Waals surface area contributed by atoms with Crippen LogP contribution in [-0.2, 0) is 23.2 Å². The van der Waals surface area contributed by atoms with Crippen molar-refractivity contribution in [3.05, 3.63) is 42.0 Å². The number of benzene rings is 1. The number of amides is 2. The lowest BCUT2D eigenvalue weighted by atomic mass is 10.2. The van der Waals surface area contributed by atoms with Gasteiger partial charge in [-0.1, -0.05) is 0 Å². The van der Waals surface area contributed by atoms with E-state index >= 15 is 0 Å². The summed E-state index contributed by atoms with van der Waals surface area (Å²) in [7, 11) is 1.90. The molecule has 0 aliphatic carbocycles. The molecule has 0 radical (unpaired) electrons. The van der Waals surface area contributed by atoms with Crippen LogP contribution >= 0.6 is 0 Å². The van der Waals surface area contributed by atoms with Crippen molar-refractivity contribution in [1.29, 1.82) is 0 Å². The van der Waals surface area contributed by atoms with Crippen molar-refractivity contribution >= 4 is 40.2 Å². The molecule has 2 N–H and O–H groups in total. The maximum absolute atomic E-state index is 12.1. The number of carbonyl (C=O) groups excluding carboxylic acids is 2. The average molecular weight is 488 g/mol. The first-order valence-electron chi connectivity index (χ1n) is 12.0. The van der Waals surface area contributed by atoms with Gasteiger partial charge in [-0.3, -0.25) is 14.3 Å². The van der Waals surface area contributed by atoms with Crippen LogP contribution in [0.5, 0.6) is 0 Å². The van der Waals surface area contributed by atoms with Gasteiger partial charge in [-0.25, -0.2) is 15.0 Å². The van der Waals surface area contributed by atoms with Gasteiger partial charge in [0.05, 0.1) is 17.6 Å². The van der Waals surface area contributed by atoms with Crippen molar-refractivity contribution in [2.24, 2.45) is 7.05 Å². The van der Waals surface area contributed by atoms with Gasteiger partial charge in [-0.2, -0.15) is 5.10 Å². The summed E-state index contributed by atoms with van der Waals surface area (Å²) in [5.41, 5.74) is 5.52. The van der Waals surface area contributed by atoms with Crippen LogP contribution in [0.4, 0.5) is 17.2 Å². The average Bonchev–Trinajstić information content (AvgIpc) is 3.50. The van der Waals surface area contributed by atoms with Crippen LogP contribution in [-0.4, -0.2) is 59.1 Å². The summed E-state index contributed by atoms with van der Waals surface area (Å²) in [6.45, 7) is 7.41. The van der Waals surface area contributed by atoms with Crippen molar-refractivity contribution in [2.45, 2.75) is 40.2 Å². The predicted molar refractivity (Wildman–Crippen MR) is 137 cm³/mol. The summed E-state index contributed by atoms with van der Waals surface area (Å²) in [5.74, 6) is 1.20. The zero-order valence-corrected chi connectivity index (χ0v) is 20.9. The fourth-order valence-electron chi connectivity index (χ4n) is 4.55. The van der Waals surface area contributed by atoms with Crippen LogP contribution < -0.4 is 10.6 Å². The smallest absolute Gasteiger partial charge is 0.222 e. The summed E-state index contributed by atoms with van der Waals surface area (Å²) >= 11 is 0. The highest BCUT2D eigenvalue weighted by Crippen LogP contribution is 2.30. The second-order valence-corrected chi connectivity index (χ2v) is 9.04. The second kappa shape index (κ2) is 9.40. The SMILES string of the molecule is CC(=O)Nc1ccc(Nc2nc(-c3c(C)nn(C)c3C)nc3c2ncn3CCN2CCCC2=O)cc1. The zero-order valence-electron chi connectivity index (χ0n) is 20.9. The molecule has 4 heterocycles. The van der Waals surface area contributed by atoms with E-state index in [1.54, 1.807) is 6.33 Å². The minimum atomic E-state index is -0.124. The van der Waals surface area contributed by atoms with E-state index in [2.05, 4.69) is 20.7 Å². The molecule has 2 amide bonds. The third-order valence-corrected chi connectivity index (χ3v) is 6.45. The number of fused-ring (bicyclic) bond motifs is 1. The number of nitrogens with zero attached hydrogens (tertiary/aromatic N) is 7. The maximum Gasteiger partial charge on any atom is 0.222 e. The number of hydrogen-bond donors (Lipinski definition) is 2. The normalized spacial score (nSPS) is 13.6. The molecule has 1 aliphatic rings. The Bertz CT molecular complexity index is 1450. The van der Waals surface area contributed by atoms with Crippen molar-refractivity contribution in [3.63, 3.8) is 0 Å². The molecule has 11 heteroatoms. The predicted octanol–water partition coefficient (Wildman–Crippen LogP) is 3.17. The molecule has 0 unspecified atom stereocenters. The van der Waals surface area contributed by atoms with E-state index in [1.807, 2.05) is 59.3 Å². The summed E-state index contributed by atoms with van der Waals surface area (Å²) in [4.78, 5) is 39.7. The first-order chi connectivity index (χ1) is 17.3. The minimum Gasteiger partial charge on any atom is -0.341 e. The quantitative estimate of drug-likeness (QED) is 0.410. The van der Waals surface area contributed by atoms with Crippen LogP contribution in [0.15, 0.2) is 30.6 Å². The Morgan fingerprint density at radius 2 is 1.83 bits per heavy atom. The van der Waals surface area contributed by atoms with E-state index in [4.69, 9.17) is 9.97 Å². The molecule has 0 atom stereocenters. The second-order valence-electron chi connectivity index (χ2n) is 9.04. The monoisotopic (exact) mass is 487 g/mol. The zero-order chi connectivity index (χ0) is 25.4. The highest BCUT2D eigenvalue weighted by Gasteiger charge is 2.22. The lowest BCUT2D eigenvalue weighted by Crippen LogP contribution is -2.28. The number of likely N-dealkylation sites (tertiary alicyclic amines) is 1. The Hall–Kier alpha value is -4.28. The van der Waals surface area contributed by atoms with Crippen molar-refractivity contribution < 1.29 is 9.59 Å². The lowest BCUT2D eigenvalue weighted by Gasteiger charge is -2.16. The highest BCUT2D eigenvalue weighted by atomic mass is 16.2. The van der Waals surface area contributed by atoms with E-state index in [0.717, 1.165) is 35.6 Å². The van der Waals surface area contributed by atoms with Gasteiger partial charge < -0.3 is 20.1 Å². The molecule has 1 aliphatic heterocycles. The topological polar surface area (TPSA) is 123 Å². The van der Waals surface area contributed by atoms with Crippen LogP contribution in [0.1, 0.15) is 31.2 Å². The number of carbonyl (C=O) groups is 2. The van der Waals surface area contributed by atoms with E-state index in [0.29, 0.717) is 48.0 Å². The third-order valence-electron chi connectivity index (χ3n) is 6.45. The molecular formula is C25H29N9O2. The van der Waals surface area contributed by atoms with Gasteiger partial charge in [0.2, 0.25) is 11.8 Å². The summed E-state index contributed by atoms with van der Waals surface area (Å²) in [6.07, 6.45) is 3.27. The molecule has 1 saturated heterocycles. The molecule has 4 aromatic rings. The molecule has 186 valence electrons. The van der Waals surface area contributed by atoms with Crippen molar-refractivity contribution in [2.75, 3.05) is 23.7 Å². The highest BCUT2D eigenvalue weighted by molar-refractivity contribution is 5.90. The first-order valence-corrected chi connectivity index (χ1v) is 12.0. The Morgan fingerprint density at radius 1 is 1.08 bits per heavy atom. The molecule has 3 aromatic heterocycles. The Balaban J connectivity index is 1.54. The fourth-order valence-corrected chi connectivity index (χ4v) is 4.55. The number of hydrogen-bond acceptors (Lipinski definition) is 7. The first kappa shape index (κ1) is 23.5. The lowest BCUT2D eigenvalue weighted by molar-refractivity contribution is -0.127. The Labute approximate surface area is 208 Å². The van der Waals surface area contributed by atoms with Gasteiger partial charge in [-0.05, 0) is 44.5 Å². The molecule has 36 heavy (non-hydrogen) atoms. The van der Waals surface area contributed by atoms with Crippen LogP contribution in [0.3, 0.4) is 0 Å². The van der Waals surface area contributed by atoms with Crippen LogP contribution in [0.2, 0.25) is 0 Å². The van der Waals surface area contributed by atoms with E-state index < -0.39 is 0 Å². The molecule has 0 saturated carbocycles. The van der Waals surface area contributed by atoms with Crippen LogP contribution in [0, 0.1) is 13.8 Å². The van der Waals surface area contributed by atoms with E-state index in [9.17, 15) is 9.59 Å². The van der Waals surface area contributed by atoms with Gasteiger partial charge in [0.1, 0.15) is 0 Å². The van der Waals surface area contributed by atoms with Gasteiger partial charge in [0.25, 0.3) is 0 Å². The number of anilines is 3. The Kier molecular flexibility index (Phi) is 6.13. The molecule has 0 spiro atoms. The summed E-state index contributed by atoms with van der Waals surface area (Å²) < 4.78 is 3.79. The number of rotatable bonds is 7. The largest absolute Gasteiger partial charge is 0.341 e. The fraction of sp³-hybridized carbons (Fsp3) is 0.360. The Morgan fingerprint density at radius 3 is 2.47 bits per heavy atom. The third kappa shape index (κ3) is 4.51. The summed E-state index contributed by atoms with van der Waals surface area (Å²) in [5, 5.41) is 10.7. The molecule has 1 aromatic carbocycles. The molecule has 0 bridgehead atoms. The van der Waals surface area contributed by atoms with E-state index in [1.165, 1.54) is 6.92 Å². The maximum atomic E-state index is 12.1. The van der Waals surface area contributed by atoms with Crippen molar-refractivity contribution in [3.8, 4) is 11.4 Å². The molecule has 1 fully saturated rings. The minimum absolute atomic E-state index is 0.124. The number of nitrogens with one attached hydrogen (secondary N) is 2. The summed E-state index contributed by atoms with van der Waals surface area (Å²) in [6, 6.07) is 7.39. The number of aromatic nitrogens is 6. The van der Waals surface area contributed by atoms with Gasteiger partial charge >= 0.3 is 0 Å². The van der Waals surface area contributed by atoms with Gasteiger partial charge in [0, 0.05) is 57.1 Å². The molecule has 11 nitrogen and oxygen atoms in total. The van der Waals surface area contributed by atoms with E-state index in [-0.39, 0.29) is 11.8 Å².